The zero-order chi connectivity index (χ0) is 18.2. The number of halogens is 3. The average molecular weight is 398 g/mol. The number of nitrogens with one attached hydrogen (secondary N) is 1. The molecule has 25 heavy (non-hydrogen) atoms. The van der Waals surface area contributed by atoms with Crippen LogP contribution in [0, 0.1) is 0 Å². The topological polar surface area (TPSA) is 50.7 Å². The summed E-state index contributed by atoms with van der Waals surface area (Å²) in [7, 11) is 0. The van der Waals surface area contributed by atoms with Crippen molar-refractivity contribution in [3.8, 4) is 5.75 Å². The van der Waals surface area contributed by atoms with E-state index in [1.807, 2.05) is 36.4 Å². The SMILES string of the molecule is CC(/C=C/c1ccccc1)=N/NC(=O)COc1cc(Cl)c(Cl)cc1Cl. The predicted octanol–water partition coefficient (Wildman–Crippen LogP) is 5.23. The second kappa shape index (κ2) is 9.47. The maximum absolute atomic E-state index is 11.8. The number of allylic oxidation sites excluding steroid dienone is 1. The Morgan fingerprint density at radius 2 is 1.80 bits per heavy atom. The van der Waals surface area contributed by atoms with Gasteiger partial charge in [-0.1, -0.05) is 71.2 Å². The molecule has 0 unspecified atom stereocenters. The van der Waals surface area contributed by atoms with Crippen LogP contribution in [0.4, 0.5) is 0 Å². The predicted molar refractivity (Wildman–Crippen MR) is 104 cm³/mol. The van der Waals surface area contributed by atoms with Gasteiger partial charge in [0.15, 0.2) is 6.61 Å². The van der Waals surface area contributed by atoms with Crippen LogP contribution in [-0.4, -0.2) is 18.2 Å². The molecule has 2 rings (SSSR count). The lowest BCUT2D eigenvalue weighted by Crippen LogP contribution is -2.25. The highest BCUT2D eigenvalue weighted by Gasteiger charge is 2.09. The molecule has 1 N–H and O–H groups in total. The van der Waals surface area contributed by atoms with Crippen LogP contribution in [0.2, 0.25) is 15.1 Å². The van der Waals surface area contributed by atoms with Crippen LogP contribution < -0.4 is 10.2 Å². The van der Waals surface area contributed by atoms with E-state index in [1.54, 1.807) is 13.0 Å². The van der Waals surface area contributed by atoms with Crippen LogP contribution in [-0.2, 0) is 4.79 Å². The van der Waals surface area contributed by atoms with Crippen molar-refractivity contribution in [1.82, 2.24) is 5.43 Å². The largest absolute Gasteiger partial charge is 0.482 e. The second-order valence-corrected chi connectivity index (χ2v) is 6.24. The zero-order valence-electron chi connectivity index (χ0n) is 13.3. The third-order valence-electron chi connectivity index (χ3n) is 3.01. The van der Waals surface area contributed by atoms with Gasteiger partial charge >= 0.3 is 0 Å². The Morgan fingerprint density at radius 1 is 1.12 bits per heavy atom. The molecule has 0 fully saturated rings. The van der Waals surface area contributed by atoms with E-state index in [-0.39, 0.29) is 17.4 Å². The highest BCUT2D eigenvalue weighted by Crippen LogP contribution is 2.33. The summed E-state index contributed by atoms with van der Waals surface area (Å²) in [6.07, 6.45) is 3.70. The van der Waals surface area contributed by atoms with Crippen LogP contribution in [0.5, 0.6) is 5.75 Å². The molecule has 0 aliphatic heterocycles. The molecular weight excluding hydrogens is 383 g/mol. The Hall–Kier alpha value is -2.01. The van der Waals surface area contributed by atoms with Crippen molar-refractivity contribution in [2.24, 2.45) is 5.10 Å². The number of hydrogen-bond acceptors (Lipinski definition) is 3. The first-order chi connectivity index (χ1) is 12.0. The molecule has 0 saturated heterocycles. The normalized spacial score (nSPS) is 11.6. The summed E-state index contributed by atoms with van der Waals surface area (Å²) in [5, 5.41) is 4.85. The number of carbonyl (C=O) groups is 1. The van der Waals surface area contributed by atoms with Gasteiger partial charge in [-0.05, 0) is 24.6 Å². The fourth-order valence-corrected chi connectivity index (χ4v) is 2.35. The van der Waals surface area contributed by atoms with Gasteiger partial charge in [-0.2, -0.15) is 5.10 Å². The van der Waals surface area contributed by atoms with E-state index in [2.05, 4.69) is 10.5 Å². The van der Waals surface area contributed by atoms with Crippen molar-refractivity contribution in [2.45, 2.75) is 6.92 Å². The number of rotatable bonds is 6. The first-order valence-corrected chi connectivity index (χ1v) is 8.42. The van der Waals surface area contributed by atoms with Crippen LogP contribution in [0.15, 0.2) is 53.6 Å². The maximum atomic E-state index is 11.8. The van der Waals surface area contributed by atoms with Crippen molar-refractivity contribution in [3.05, 3.63) is 69.2 Å². The lowest BCUT2D eigenvalue weighted by Gasteiger charge is -2.08. The summed E-state index contributed by atoms with van der Waals surface area (Å²) in [4.78, 5) is 11.8. The molecule has 4 nitrogen and oxygen atoms in total. The number of carbonyl (C=O) groups excluding carboxylic acids is 1. The first kappa shape index (κ1) is 19.3. The molecule has 130 valence electrons. The number of ether oxygens (including phenoxy) is 1. The van der Waals surface area contributed by atoms with E-state index in [1.165, 1.54) is 12.1 Å². The number of hydrogen-bond donors (Lipinski definition) is 1. The molecule has 2 aromatic carbocycles. The molecule has 0 atom stereocenters. The van der Waals surface area contributed by atoms with Crippen LogP contribution in [0.25, 0.3) is 6.08 Å². The highest BCUT2D eigenvalue weighted by atomic mass is 35.5. The highest BCUT2D eigenvalue weighted by molar-refractivity contribution is 6.43. The molecule has 0 radical (unpaired) electrons. The molecule has 1 amide bonds. The number of amides is 1. The number of benzene rings is 2. The smallest absolute Gasteiger partial charge is 0.277 e. The second-order valence-electron chi connectivity index (χ2n) is 5.02. The van der Waals surface area contributed by atoms with Gasteiger partial charge in [0, 0.05) is 6.07 Å². The number of nitrogens with zero attached hydrogens (tertiary/aromatic N) is 1. The molecule has 0 spiro atoms. The fourth-order valence-electron chi connectivity index (χ4n) is 1.76. The summed E-state index contributed by atoms with van der Waals surface area (Å²) >= 11 is 17.7. The standard InChI is InChI=1S/C18H15Cl3N2O2/c1-12(7-8-13-5-3-2-4-6-13)22-23-18(24)11-25-17-10-15(20)14(19)9-16(17)21/h2-10H,11H2,1H3,(H,23,24)/b8-7+,22-12-. The molecule has 0 aliphatic carbocycles. The molecule has 0 heterocycles. The van der Waals surface area contributed by atoms with Gasteiger partial charge in [0.05, 0.1) is 20.8 Å². The molecule has 0 aromatic heterocycles. The Bertz CT molecular complexity index is 805. The summed E-state index contributed by atoms with van der Waals surface area (Å²) in [6, 6.07) is 12.7. The van der Waals surface area contributed by atoms with E-state index in [4.69, 9.17) is 39.5 Å². The van der Waals surface area contributed by atoms with Gasteiger partial charge in [-0.3, -0.25) is 4.79 Å². The van der Waals surface area contributed by atoms with Crippen molar-refractivity contribution in [3.63, 3.8) is 0 Å². The third-order valence-corrected chi connectivity index (χ3v) is 4.02. The van der Waals surface area contributed by atoms with Crippen LogP contribution in [0.3, 0.4) is 0 Å². The third kappa shape index (κ3) is 6.42. The molecule has 0 aliphatic rings. The zero-order valence-corrected chi connectivity index (χ0v) is 15.6. The van der Waals surface area contributed by atoms with Crippen molar-refractivity contribution < 1.29 is 9.53 Å². The Labute approximate surface area is 161 Å². The van der Waals surface area contributed by atoms with Crippen LogP contribution >= 0.6 is 34.8 Å². The van der Waals surface area contributed by atoms with E-state index < -0.39 is 5.91 Å². The Kier molecular flexibility index (Phi) is 7.31. The quantitative estimate of drug-likeness (QED) is 0.412. The van der Waals surface area contributed by atoms with Crippen molar-refractivity contribution >= 4 is 52.5 Å². The van der Waals surface area contributed by atoms with Gasteiger partial charge in [-0.25, -0.2) is 5.43 Å². The van der Waals surface area contributed by atoms with Crippen molar-refractivity contribution in [2.75, 3.05) is 6.61 Å². The van der Waals surface area contributed by atoms with E-state index in [0.717, 1.165) is 5.56 Å². The van der Waals surface area contributed by atoms with Crippen molar-refractivity contribution in [1.29, 1.82) is 0 Å². The summed E-state index contributed by atoms with van der Waals surface area (Å²) in [5.41, 5.74) is 4.09. The molecular formula is C18H15Cl3N2O2. The Morgan fingerprint density at radius 3 is 2.52 bits per heavy atom. The fraction of sp³-hybridized carbons (Fsp3) is 0.111. The van der Waals surface area contributed by atoms with Gasteiger partial charge < -0.3 is 4.74 Å². The van der Waals surface area contributed by atoms with E-state index in [9.17, 15) is 4.79 Å². The van der Waals surface area contributed by atoms with E-state index >= 15 is 0 Å². The first-order valence-electron chi connectivity index (χ1n) is 7.29. The summed E-state index contributed by atoms with van der Waals surface area (Å²) < 4.78 is 5.32. The lowest BCUT2D eigenvalue weighted by molar-refractivity contribution is -0.123. The monoisotopic (exact) mass is 396 g/mol. The molecule has 0 bridgehead atoms. The lowest BCUT2D eigenvalue weighted by atomic mass is 10.2. The van der Waals surface area contributed by atoms with Gasteiger partial charge in [-0.15, -0.1) is 0 Å². The van der Waals surface area contributed by atoms with Gasteiger partial charge in [0.25, 0.3) is 5.91 Å². The number of hydrazone groups is 1. The minimum atomic E-state index is -0.422. The minimum Gasteiger partial charge on any atom is -0.482 e. The summed E-state index contributed by atoms with van der Waals surface area (Å²) in [5.74, 6) is -0.148. The molecule has 0 saturated carbocycles. The molecule has 7 heteroatoms. The average Bonchev–Trinajstić information content (AvgIpc) is 2.61. The summed E-state index contributed by atoms with van der Waals surface area (Å²) in [6.45, 7) is 1.52. The van der Waals surface area contributed by atoms with Crippen LogP contribution in [0.1, 0.15) is 12.5 Å². The van der Waals surface area contributed by atoms with Gasteiger partial charge in [0.2, 0.25) is 0 Å². The Balaban J connectivity index is 1.86. The maximum Gasteiger partial charge on any atom is 0.277 e. The van der Waals surface area contributed by atoms with Gasteiger partial charge in [0.1, 0.15) is 5.75 Å². The molecule has 2 aromatic rings. The minimum absolute atomic E-state index is 0.253. The van der Waals surface area contributed by atoms with E-state index in [0.29, 0.717) is 15.8 Å².